The van der Waals surface area contributed by atoms with Crippen molar-refractivity contribution in [2.45, 2.75) is 46.1 Å². The van der Waals surface area contributed by atoms with Gasteiger partial charge in [-0.25, -0.2) is 0 Å². The Hall–Kier alpha value is -3.36. The van der Waals surface area contributed by atoms with Gasteiger partial charge in [0.2, 0.25) is 0 Å². The molecule has 1 aliphatic rings. The van der Waals surface area contributed by atoms with Crippen LogP contribution in [0.2, 0.25) is 5.02 Å². The molecule has 0 aliphatic carbocycles. The SMILES string of the molecule is CCCCCCN1C(=O)C(C#N)=C(C)/C(=C\c2ccc(OCc3ccccc3Cl)cc2)C1=O. The Balaban J connectivity index is 1.77. The number of halogens is 1. The van der Waals surface area contributed by atoms with E-state index in [1.165, 1.54) is 4.90 Å². The largest absolute Gasteiger partial charge is 0.489 e. The first-order valence-electron chi connectivity index (χ1n) is 11.1. The minimum Gasteiger partial charge on any atom is -0.489 e. The second-order valence-corrected chi connectivity index (χ2v) is 8.35. The number of rotatable bonds is 9. The quantitative estimate of drug-likeness (QED) is 0.257. The van der Waals surface area contributed by atoms with Crippen LogP contribution in [-0.2, 0) is 16.2 Å². The standard InChI is InChI=1S/C27H27ClN2O3/c1-3-4-5-8-15-30-26(31)23(19(2)24(17-29)27(30)32)16-20-11-13-22(14-12-20)33-18-21-9-6-7-10-25(21)28/h6-7,9-14,16H,3-5,8,15,18H2,1-2H3/b23-16+. The number of carbonyl (C=O) groups excluding carboxylic acids is 2. The van der Waals surface area contributed by atoms with Crippen molar-refractivity contribution in [3.63, 3.8) is 0 Å². The molecule has 0 fully saturated rings. The Bertz CT molecular complexity index is 1130. The van der Waals surface area contributed by atoms with Crippen LogP contribution in [0.5, 0.6) is 5.75 Å². The number of unbranched alkanes of at least 4 members (excludes halogenated alkanes) is 3. The van der Waals surface area contributed by atoms with Gasteiger partial charge in [-0.05, 0) is 48.8 Å². The normalized spacial score (nSPS) is 15.2. The fourth-order valence-corrected chi connectivity index (χ4v) is 3.82. The summed E-state index contributed by atoms with van der Waals surface area (Å²) in [7, 11) is 0. The summed E-state index contributed by atoms with van der Waals surface area (Å²) in [6, 6.07) is 16.8. The number of nitriles is 1. The highest BCUT2D eigenvalue weighted by atomic mass is 35.5. The van der Waals surface area contributed by atoms with E-state index in [1.54, 1.807) is 13.0 Å². The van der Waals surface area contributed by atoms with E-state index in [4.69, 9.17) is 16.3 Å². The molecule has 0 radical (unpaired) electrons. The van der Waals surface area contributed by atoms with Crippen LogP contribution in [0, 0.1) is 11.3 Å². The van der Waals surface area contributed by atoms with E-state index in [-0.39, 0.29) is 11.5 Å². The Morgan fingerprint density at radius 3 is 2.42 bits per heavy atom. The van der Waals surface area contributed by atoms with Crippen molar-refractivity contribution in [3.05, 3.63) is 81.4 Å². The molecule has 0 N–H and O–H groups in total. The highest BCUT2D eigenvalue weighted by Crippen LogP contribution is 2.28. The van der Waals surface area contributed by atoms with Crippen molar-refractivity contribution >= 4 is 29.5 Å². The summed E-state index contributed by atoms with van der Waals surface area (Å²) in [4.78, 5) is 27.0. The van der Waals surface area contributed by atoms with Gasteiger partial charge in [0.25, 0.3) is 11.8 Å². The number of benzene rings is 2. The fourth-order valence-electron chi connectivity index (χ4n) is 3.63. The molecule has 0 saturated heterocycles. The molecule has 0 spiro atoms. The Morgan fingerprint density at radius 2 is 1.76 bits per heavy atom. The van der Waals surface area contributed by atoms with Gasteiger partial charge in [0.1, 0.15) is 24.0 Å². The summed E-state index contributed by atoms with van der Waals surface area (Å²) in [5.41, 5.74) is 2.48. The summed E-state index contributed by atoms with van der Waals surface area (Å²) >= 11 is 6.17. The van der Waals surface area contributed by atoms with E-state index in [2.05, 4.69) is 6.92 Å². The van der Waals surface area contributed by atoms with E-state index >= 15 is 0 Å². The van der Waals surface area contributed by atoms with E-state index in [0.29, 0.717) is 35.1 Å². The van der Waals surface area contributed by atoms with Crippen molar-refractivity contribution in [3.8, 4) is 11.8 Å². The van der Waals surface area contributed by atoms with Gasteiger partial charge in [0.05, 0.1) is 0 Å². The van der Waals surface area contributed by atoms with E-state index in [9.17, 15) is 14.9 Å². The van der Waals surface area contributed by atoms with Crippen molar-refractivity contribution < 1.29 is 14.3 Å². The molecule has 2 amide bonds. The van der Waals surface area contributed by atoms with Crippen LogP contribution < -0.4 is 4.74 Å². The molecular formula is C27H27ClN2O3. The topological polar surface area (TPSA) is 70.4 Å². The number of hydrogen-bond acceptors (Lipinski definition) is 4. The molecule has 2 aromatic carbocycles. The van der Waals surface area contributed by atoms with Crippen molar-refractivity contribution in [1.29, 1.82) is 5.26 Å². The summed E-state index contributed by atoms with van der Waals surface area (Å²) in [5, 5.41) is 10.2. The molecule has 1 heterocycles. The zero-order valence-corrected chi connectivity index (χ0v) is 19.7. The third-order valence-corrected chi connectivity index (χ3v) is 5.97. The lowest BCUT2D eigenvalue weighted by atomic mass is 9.93. The highest BCUT2D eigenvalue weighted by Gasteiger charge is 2.34. The molecule has 170 valence electrons. The third-order valence-electron chi connectivity index (χ3n) is 5.60. The maximum atomic E-state index is 13.1. The molecule has 5 nitrogen and oxygen atoms in total. The van der Waals surface area contributed by atoms with Crippen LogP contribution in [-0.4, -0.2) is 23.3 Å². The number of carbonyl (C=O) groups is 2. The monoisotopic (exact) mass is 462 g/mol. The number of nitrogens with zero attached hydrogens (tertiary/aromatic N) is 2. The van der Waals surface area contributed by atoms with Crippen LogP contribution in [0.4, 0.5) is 0 Å². The van der Waals surface area contributed by atoms with Crippen LogP contribution in [0.25, 0.3) is 6.08 Å². The van der Waals surface area contributed by atoms with Gasteiger partial charge in [-0.3, -0.25) is 14.5 Å². The molecule has 0 bridgehead atoms. The first kappa shape index (κ1) is 24.3. The van der Waals surface area contributed by atoms with Gasteiger partial charge < -0.3 is 4.74 Å². The lowest BCUT2D eigenvalue weighted by molar-refractivity contribution is -0.140. The van der Waals surface area contributed by atoms with Gasteiger partial charge in [-0.2, -0.15) is 5.26 Å². The summed E-state index contributed by atoms with van der Waals surface area (Å²) in [6.45, 7) is 4.42. The van der Waals surface area contributed by atoms with Gasteiger partial charge in [-0.15, -0.1) is 0 Å². The van der Waals surface area contributed by atoms with E-state index in [1.807, 2.05) is 54.6 Å². The zero-order chi connectivity index (χ0) is 23.8. The minimum absolute atomic E-state index is 0.0241. The molecule has 0 saturated carbocycles. The van der Waals surface area contributed by atoms with Crippen LogP contribution in [0.1, 0.15) is 50.7 Å². The number of ether oxygens (including phenoxy) is 1. The minimum atomic E-state index is -0.503. The summed E-state index contributed by atoms with van der Waals surface area (Å²) in [6.07, 6.45) is 5.50. The Kier molecular flexibility index (Phi) is 8.46. The molecule has 2 aromatic rings. The first-order chi connectivity index (χ1) is 16.0. The van der Waals surface area contributed by atoms with Gasteiger partial charge >= 0.3 is 0 Å². The maximum Gasteiger partial charge on any atom is 0.271 e. The Morgan fingerprint density at radius 1 is 1.03 bits per heavy atom. The van der Waals surface area contributed by atoms with Crippen molar-refractivity contribution in [1.82, 2.24) is 4.90 Å². The van der Waals surface area contributed by atoms with Crippen molar-refractivity contribution in [2.75, 3.05) is 6.54 Å². The summed E-state index contributed by atoms with van der Waals surface area (Å²) < 4.78 is 5.81. The molecular weight excluding hydrogens is 436 g/mol. The fraction of sp³-hybridized carbons (Fsp3) is 0.296. The first-order valence-corrected chi connectivity index (χ1v) is 11.5. The molecule has 0 atom stereocenters. The molecule has 0 aromatic heterocycles. The predicted octanol–water partition coefficient (Wildman–Crippen LogP) is 6.09. The second kappa shape index (κ2) is 11.5. The maximum absolute atomic E-state index is 13.1. The van der Waals surface area contributed by atoms with Crippen LogP contribution in [0.15, 0.2) is 65.3 Å². The average Bonchev–Trinajstić information content (AvgIpc) is 2.82. The molecule has 3 rings (SSSR count). The third kappa shape index (κ3) is 5.91. The average molecular weight is 463 g/mol. The molecule has 6 heteroatoms. The smallest absolute Gasteiger partial charge is 0.271 e. The highest BCUT2D eigenvalue weighted by molar-refractivity contribution is 6.31. The molecule has 33 heavy (non-hydrogen) atoms. The van der Waals surface area contributed by atoms with Gasteiger partial charge in [-0.1, -0.05) is 68.1 Å². The van der Waals surface area contributed by atoms with Gasteiger partial charge in [0.15, 0.2) is 0 Å². The lowest BCUT2D eigenvalue weighted by Crippen LogP contribution is -2.43. The molecule has 0 unspecified atom stereocenters. The van der Waals surface area contributed by atoms with Gasteiger partial charge in [0, 0.05) is 22.7 Å². The number of amides is 2. The van der Waals surface area contributed by atoms with E-state index in [0.717, 1.165) is 36.8 Å². The van der Waals surface area contributed by atoms with E-state index < -0.39 is 5.91 Å². The summed E-state index contributed by atoms with van der Waals surface area (Å²) in [5.74, 6) is -0.186. The second-order valence-electron chi connectivity index (χ2n) is 7.94. The van der Waals surface area contributed by atoms with Crippen LogP contribution in [0.3, 0.4) is 0 Å². The number of imide groups is 1. The van der Waals surface area contributed by atoms with Crippen molar-refractivity contribution in [2.24, 2.45) is 0 Å². The number of hydrogen-bond donors (Lipinski definition) is 0. The lowest BCUT2D eigenvalue weighted by Gasteiger charge is -2.27. The zero-order valence-electron chi connectivity index (χ0n) is 18.9. The Labute approximate surface area is 199 Å². The molecule has 1 aliphatic heterocycles. The van der Waals surface area contributed by atoms with Crippen LogP contribution >= 0.6 is 11.6 Å². The predicted molar refractivity (Wildman–Crippen MR) is 129 cm³/mol.